The van der Waals surface area contributed by atoms with E-state index in [0.717, 1.165) is 0 Å². The molecule has 0 fully saturated rings. The molecule has 0 aliphatic carbocycles. The first-order valence-electron chi connectivity index (χ1n) is 5.20. The van der Waals surface area contributed by atoms with Crippen LogP contribution in [0.3, 0.4) is 0 Å². The Kier molecular flexibility index (Phi) is 5.14. The van der Waals surface area contributed by atoms with Crippen LogP contribution in [0.2, 0.25) is 0 Å². The quantitative estimate of drug-likeness (QED) is 0.655. The van der Waals surface area contributed by atoms with Gasteiger partial charge in [-0.2, -0.15) is 5.26 Å². The van der Waals surface area contributed by atoms with Crippen LogP contribution in [0.25, 0.3) is 0 Å². The van der Waals surface area contributed by atoms with Gasteiger partial charge < -0.3 is 15.5 Å². The highest BCUT2D eigenvalue weighted by Gasteiger charge is 2.20. The molecule has 0 aliphatic rings. The average Bonchev–Trinajstić information content (AvgIpc) is 2.38. The number of hydrogen-bond donors (Lipinski definition) is 3. The molecule has 1 aromatic rings. The van der Waals surface area contributed by atoms with E-state index in [4.69, 9.17) is 15.5 Å². The predicted octanol–water partition coefficient (Wildman–Crippen LogP) is -0.237. The van der Waals surface area contributed by atoms with Crippen LogP contribution in [-0.2, 0) is 4.79 Å². The molecule has 1 rings (SSSR count). The lowest BCUT2D eigenvalue weighted by Crippen LogP contribution is -2.36. The summed E-state index contributed by atoms with van der Waals surface area (Å²) in [7, 11) is 0. The molecule has 1 amide bonds. The van der Waals surface area contributed by atoms with Crippen molar-refractivity contribution in [2.24, 2.45) is 0 Å². The number of hydrogen-bond acceptors (Lipinski definition) is 4. The zero-order valence-electron chi connectivity index (χ0n) is 9.21. The SMILES string of the molecule is N#CC(C(=O)NCC(O)CO)c1ccccc1. The topological polar surface area (TPSA) is 93.4 Å². The van der Waals surface area contributed by atoms with Crippen LogP contribution in [0.4, 0.5) is 0 Å². The maximum atomic E-state index is 11.7. The minimum atomic E-state index is -1.01. The fraction of sp³-hybridized carbons (Fsp3) is 0.333. The van der Waals surface area contributed by atoms with Gasteiger partial charge in [-0.25, -0.2) is 0 Å². The number of amides is 1. The number of aliphatic hydroxyl groups is 2. The number of benzene rings is 1. The second-order valence-corrected chi connectivity index (χ2v) is 3.55. The summed E-state index contributed by atoms with van der Waals surface area (Å²) in [4.78, 5) is 11.7. The maximum absolute atomic E-state index is 11.7. The third kappa shape index (κ3) is 3.87. The van der Waals surface area contributed by atoms with Gasteiger partial charge >= 0.3 is 0 Å². The van der Waals surface area contributed by atoms with Gasteiger partial charge in [0.15, 0.2) is 0 Å². The lowest BCUT2D eigenvalue weighted by atomic mass is 10.00. The van der Waals surface area contributed by atoms with Gasteiger partial charge in [0, 0.05) is 6.54 Å². The van der Waals surface area contributed by atoms with E-state index in [0.29, 0.717) is 5.56 Å². The Morgan fingerprint density at radius 2 is 2.06 bits per heavy atom. The van der Waals surface area contributed by atoms with Crippen LogP contribution in [0.1, 0.15) is 11.5 Å². The Labute approximate surface area is 99.3 Å². The normalized spacial score (nSPS) is 13.5. The molecule has 0 aromatic heterocycles. The molecule has 0 aliphatic heterocycles. The number of aliphatic hydroxyl groups excluding tert-OH is 2. The minimum Gasteiger partial charge on any atom is -0.394 e. The van der Waals surface area contributed by atoms with Crippen molar-refractivity contribution >= 4 is 5.91 Å². The molecule has 1 aromatic carbocycles. The lowest BCUT2D eigenvalue weighted by Gasteiger charge is -2.12. The first-order valence-corrected chi connectivity index (χ1v) is 5.20. The van der Waals surface area contributed by atoms with Gasteiger partial charge in [-0.3, -0.25) is 4.79 Å². The molecular weight excluding hydrogens is 220 g/mol. The lowest BCUT2D eigenvalue weighted by molar-refractivity contribution is -0.121. The number of rotatable bonds is 5. The largest absolute Gasteiger partial charge is 0.394 e. The van der Waals surface area contributed by atoms with E-state index in [1.54, 1.807) is 30.3 Å². The van der Waals surface area contributed by atoms with Crippen molar-refractivity contribution in [1.82, 2.24) is 5.32 Å². The van der Waals surface area contributed by atoms with Crippen molar-refractivity contribution in [3.05, 3.63) is 35.9 Å². The molecule has 90 valence electrons. The van der Waals surface area contributed by atoms with Gasteiger partial charge in [-0.15, -0.1) is 0 Å². The van der Waals surface area contributed by atoms with Crippen LogP contribution in [0.5, 0.6) is 0 Å². The van der Waals surface area contributed by atoms with E-state index < -0.39 is 24.5 Å². The molecule has 17 heavy (non-hydrogen) atoms. The molecule has 5 nitrogen and oxygen atoms in total. The van der Waals surface area contributed by atoms with Crippen molar-refractivity contribution in [3.8, 4) is 6.07 Å². The second-order valence-electron chi connectivity index (χ2n) is 3.55. The van der Waals surface area contributed by atoms with Crippen molar-refractivity contribution in [3.63, 3.8) is 0 Å². The average molecular weight is 234 g/mol. The Morgan fingerprint density at radius 1 is 1.41 bits per heavy atom. The molecule has 0 saturated heterocycles. The van der Waals surface area contributed by atoms with E-state index in [2.05, 4.69) is 5.32 Å². The highest BCUT2D eigenvalue weighted by Crippen LogP contribution is 2.14. The standard InChI is InChI=1S/C12H14N2O3/c13-6-11(9-4-2-1-3-5-9)12(17)14-7-10(16)8-15/h1-5,10-11,15-16H,7-8H2,(H,14,17). The molecule has 0 heterocycles. The molecular formula is C12H14N2O3. The summed E-state index contributed by atoms with van der Waals surface area (Å²) >= 11 is 0. The maximum Gasteiger partial charge on any atom is 0.241 e. The third-order valence-electron chi connectivity index (χ3n) is 2.25. The van der Waals surface area contributed by atoms with Gasteiger partial charge in [0.1, 0.15) is 5.92 Å². The first-order chi connectivity index (χ1) is 8.19. The van der Waals surface area contributed by atoms with Crippen LogP contribution in [0.15, 0.2) is 30.3 Å². The van der Waals surface area contributed by atoms with Crippen LogP contribution in [0, 0.1) is 11.3 Å². The highest BCUT2D eigenvalue weighted by atomic mass is 16.3. The molecule has 0 radical (unpaired) electrons. The van der Waals surface area contributed by atoms with Gasteiger partial charge in [0.2, 0.25) is 5.91 Å². The predicted molar refractivity (Wildman–Crippen MR) is 60.9 cm³/mol. The molecule has 0 spiro atoms. The number of nitriles is 1. The molecule has 2 atom stereocenters. The Hall–Kier alpha value is -1.90. The summed E-state index contributed by atoms with van der Waals surface area (Å²) in [6, 6.07) is 10.6. The summed E-state index contributed by atoms with van der Waals surface area (Å²) < 4.78 is 0. The number of nitrogens with one attached hydrogen (secondary N) is 1. The van der Waals surface area contributed by atoms with Crippen molar-refractivity contribution in [1.29, 1.82) is 5.26 Å². The van der Waals surface area contributed by atoms with Gasteiger partial charge in [0.25, 0.3) is 0 Å². The Morgan fingerprint density at radius 3 is 2.59 bits per heavy atom. The second kappa shape index (κ2) is 6.63. The van der Waals surface area contributed by atoms with E-state index in [9.17, 15) is 4.79 Å². The van der Waals surface area contributed by atoms with Crippen LogP contribution >= 0.6 is 0 Å². The van der Waals surface area contributed by atoms with Crippen molar-refractivity contribution in [2.75, 3.05) is 13.2 Å². The molecule has 5 heteroatoms. The molecule has 3 N–H and O–H groups in total. The fourth-order valence-corrected chi connectivity index (χ4v) is 1.32. The van der Waals surface area contributed by atoms with E-state index >= 15 is 0 Å². The smallest absolute Gasteiger partial charge is 0.241 e. The summed E-state index contributed by atoms with van der Waals surface area (Å²) in [5, 5.41) is 29.0. The number of carbonyl (C=O) groups excluding carboxylic acids is 1. The third-order valence-corrected chi connectivity index (χ3v) is 2.25. The van der Waals surface area contributed by atoms with E-state index in [1.165, 1.54) is 0 Å². The molecule has 2 unspecified atom stereocenters. The Balaban J connectivity index is 2.63. The van der Waals surface area contributed by atoms with Crippen molar-refractivity contribution < 1.29 is 15.0 Å². The summed E-state index contributed by atoms with van der Waals surface area (Å²) in [6.07, 6.45) is -1.01. The highest BCUT2D eigenvalue weighted by molar-refractivity contribution is 5.86. The zero-order valence-corrected chi connectivity index (χ0v) is 9.21. The summed E-state index contributed by atoms with van der Waals surface area (Å²) in [5.41, 5.74) is 0.603. The van der Waals surface area contributed by atoms with E-state index in [1.807, 2.05) is 6.07 Å². The zero-order chi connectivity index (χ0) is 12.7. The van der Waals surface area contributed by atoms with E-state index in [-0.39, 0.29) is 6.54 Å². The first kappa shape index (κ1) is 13.2. The van der Waals surface area contributed by atoms with Gasteiger partial charge in [0.05, 0.1) is 18.8 Å². The fourth-order valence-electron chi connectivity index (χ4n) is 1.32. The van der Waals surface area contributed by atoms with Gasteiger partial charge in [-0.1, -0.05) is 30.3 Å². The molecule has 0 bridgehead atoms. The van der Waals surface area contributed by atoms with Crippen molar-refractivity contribution in [2.45, 2.75) is 12.0 Å². The minimum absolute atomic E-state index is 0.0691. The van der Waals surface area contributed by atoms with Gasteiger partial charge in [-0.05, 0) is 5.56 Å². The summed E-state index contributed by atoms with van der Waals surface area (Å²) in [5.74, 6) is -1.38. The number of carbonyl (C=O) groups is 1. The summed E-state index contributed by atoms with van der Waals surface area (Å²) in [6.45, 7) is -0.497. The monoisotopic (exact) mass is 234 g/mol. The van der Waals surface area contributed by atoms with Crippen LogP contribution < -0.4 is 5.32 Å². The van der Waals surface area contributed by atoms with Crippen LogP contribution in [-0.4, -0.2) is 35.4 Å². The number of nitrogens with zero attached hydrogens (tertiary/aromatic N) is 1. The molecule has 0 saturated carbocycles. The Bertz CT molecular complexity index is 400.